The number of carbonyl (C=O) groups is 1. The van der Waals surface area contributed by atoms with Gasteiger partial charge in [-0.25, -0.2) is 17.7 Å². The molecule has 0 aliphatic heterocycles. The van der Waals surface area contributed by atoms with Crippen LogP contribution in [0.5, 0.6) is 0 Å². The minimum absolute atomic E-state index is 0.0366. The molecule has 7 nitrogen and oxygen atoms in total. The standard InChI is InChI=1S/C22H34N4O3S2/c1-5-6-13-26-20-12-11-18(31(28,29)25(3)4)14-19(20)24-22(26)30-15-21(27)23-17-9-7-16(2)8-10-17/h11-12,14,16-17H,5-10,13,15H2,1-4H3,(H,23,27). The van der Waals surface area contributed by atoms with Crippen LogP contribution in [0.3, 0.4) is 0 Å². The van der Waals surface area contributed by atoms with Gasteiger partial charge in [0.1, 0.15) is 0 Å². The number of aryl methyl sites for hydroxylation is 1. The first kappa shape index (κ1) is 24.1. The summed E-state index contributed by atoms with van der Waals surface area (Å²) >= 11 is 1.42. The molecule has 0 saturated heterocycles. The molecule has 0 spiro atoms. The zero-order chi connectivity index (χ0) is 22.6. The van der Waals surface area contributed by atoms with Crippen molar-refractivity contribution in [3.8, 4) is 0 Å². The first-order valence-electron chi connectivity index (χ1n) is 11.1. The topological polar surface area (TPSA) is 84.3 Å². The van der Waals surface area contributed by atoms with Crippen LogP contribution >= 0.6 is 11.8 Å². The summed E-state index contributed by atoms with van der Waals surface area (Å²) in [5, 5.41) is 3.93. The number of rotatable bonds is 9. The number of aromatic nitrogens is 2. The molecule has 1 amide bonds. The van der Waals surface area contributed by atoms with E-state index in [9.17, 15) is 13.2 Å². The van der Waals surface area contributed by atoms with Crippen molar-refractivity contribution in [2.24, 2.45) is 5.92 Å². The molecule has 1 aromatic heterocycles. The van der Waals surface area contributed by atoms with Crippen molar-refractivity contribution in [1.29, 1.82) is 0 Å². The molecule has 0 atom stereocenters. The van der Waals surface area contributed by atoms with Crippen LogP contribution < -0.4 is 5.32 Å². The first-order chi connectivity index (χ1) is 14.7. The molecule has 1 saturated carbocycles. The minimum Gasteiger partial charge on any atom is -0.353 e. The maximum Gasteiger partial charge on any atom is 0.242 e. The molecule has 31 heavy (non-hydrogen) atoms. The predicted octanol–water partition coefficient (Wildman–Crippen LogP) is 3.87. The van der Waals surface area contributed by atoms with Crippen molar-refractivity contribution in [3.63, 3.8) is 0 Å². The third-order valence-electron chi connectivity index (χ3n) is 5.91. The Morgan fingerprint density at radius 2 is 1.97 bits per heavy atom. The summed E-state index contributed by atoms with van der Waals surface area (Å²) in [5.74, 6) is 1.10. The van der Waals surface area contributed by atoms with Gasteiger partial charge >= 0.3 is 0 Å². The number of hydrogen-bond donors (Lipinski definition) is 1. The molecule has 1 aliphatic carbocycles. The van der Waals surface area contributed by atoms with Crippen LogP contribution in [0, 0.1) is 5.92 Å². The van der Waals surface area contributed by atoms with Gasteiger partial charge in [-0.1, -0.05) is 32.0 Å². The van der Waals surface area contributed by atoms with Gasteiger partial charge in [0, 0.05) is 26.7 Å². The Bertz CT molecular complexity index is 1010. The molecular formula is C22H34N4O3S2. The Labute approximate surface area is 190 Å². The van der Waals surface area contributed by atoms with Crippen LogP contribution in [0.25, 0.3) is 11.0 Å². The summed E-state index contributed by atoms with van der Waals surface area (Å²) in [5.41, 5.74) is 1.54. The maximum absolute atomic E-state index is 12.5. The van der Waals surface area contributed by atoms with Crippen LogP contribution in [0.4, 0.5) is 0 Å². The first-order valence-corrected chi connectivity index (χ1v) is 13.5. The van der Waals surface area contributed by atoms with E-state index in [0.717, 1.165) is 48.8 Å². The number of hydrogen-bond acceptors (Lipinski definition) is 5. The Kier molecular flexibility index (Phi) is 8.04. The fraction of sp³-hybridized carbons (Fsp3) is 0.636. The highest BCUT2D eigenvalue weighted by atomic mass is 32.2. The van der Waals surface area contributed by atoms with Crippen molar-refractivity contribution in [2.75, 3.05) is 19.8 Å². The highest BCUT2D eigenvalue weighted by Gasteiger charge is 2.22. The van der Waals surface area contributed by atoms with Crippen LogP contribution in [-0.2, 0) is 21.4 Å². The van der Waals surface area contributed by atoms with E-state index in [1.54, 1.807) is 12.1 Å². The number of nitrogens with zero attached hydrogens (tertiary/aromatic N) is 3. The van der Waals surface area contributed by atoms with E-state index >= 15 is 0 Å². The number of sulfonamides is 1. The molecule has 0 bridgehead atoms. The molecule has 1 aromatic carbocycles. The highest BCUT2D eigenvalue weighted by molar-refractivity contribution is 7.99. The van der Waals surface area contributed by atoms with Gasteiger partial charge < -0.3 is 9.88 Å². The van der Waals surface area contributed by atoms with Crippen LogP contribution in [-0.4, -0.2) is 54.1 Å². The predicted molar refractivity (Wildman–Crippen MR) is 126 cm³/mol. The number of amides is 1. The van der Waals surface area contributed by atoms with E-state index in [1.165, 1.54) is 43.0 Å². The molecule has 9 heteroatoms. The fourth-order valence-electron chi connectivity index (χ4n) is 3.91. The summed E-state index contributed by atoms with van der Waals surface area (Å²) in [4.78, 5) is 17.4. The largest absolute Gasteiger partial charge is 0.353 e. The number of imidazole rings is 1. The lowest BCUT2D eigenvalue weighted by molar-refractivity contribution is -0.119. The van der Waals surface area contributed by atoms with Gasteiger partial charge in [-0.3, -0.25) is 4.79 Å². The summed E-state index contributed by atoms with van der Waals surface area (Å²) in [7, 11) is -0.482. The number of thioether (sulfide) groups is 1. The second-order valence-corrected chi connectivity index (χ2v) is 11.7. The maximum atomic E-state index is 12.5. The van der Waals surface area contributed by atoms with Crippen LogP contribution in [0.2, 0.25) is 0 Å². The third kappa shape index (κ3) is 5.81. The van der Waals surface area contributed by atoms with Crippen molar-refractivity contribution >= 4 is 38.7 Å². The number of nitrogens with one attached hydrogen (secondary N) is 1. The SMILES string of the molecule is CCCCn1c(SCC(=O)NC2CCC(C)CC2)nc2cc(S(=O)(=O)N(C)C)ccc21. The van der Waals surface area contributed by atoms with Crippen LogP contribution in [0.15, 0.2) is 28.3 Å². The lowest BCUT2D eigenvalue weighted by atomic mass is 9.87. The van der Waals surface area contributed by atoms with Crippen molar-refractivity contribution in [3.05, 3.63) is 18.2 Å². The summed E-state index contributed by atoms with van der Waals surface area (Å²) in [6.07, 6.45) is 6.47. The van der Waals surface area contributed by atoms with Gasteiger partial charge in [0.25, 0.3) is 0 Å². The summed E-state index contributed by atoms with van der Waals surface area (Å²) in [6.45, 7) is 5.19. The average molecular weight is 467 g/mol. The van der Waals surface area contributed by atoms with Gasteiger partial charge in [-0.05, 0) is 56.2 Å². The molecular weight excluding hydrogens is 432 g/mol. The molecule has 172 valence electrons. The Hall–Kier alpha value is -1.58. The average Bonchev–Trinajstić information content (AvgIpc) is 3.09. The van der Waals surface area contributed by atoms with Gasteiger partial charge in [-0.2, -0.15) is 0 Å². The Morgan fingerprint density at radius 1 is 1.26 bits per heavy atom. The van der Waals surface area contributed by atoms with Gasteiger partial charge in [0.15, 0.2) is 5.16 Å². The molecule has 1 heterocycles. The molecule has 3 rings (SSSR count). The number of benzene rings is 1. The number of carbonyl (C=O) groups excluding carboxylic acids is 1. The van der Waals surface area contributed by atoms with E-state index in [1.807, 2.05) is 6.07 Å². The highest BCUT2D eigenvalue weighted by Crippen LogP contribution is 2.28. The smallest absolute Gasteiger partial charge is 0.242 e. The fourth-order valence-corrected chi connectivity index (χ4v) is 5.68. The summed E-state index contributed by atoms with van der Waals surface area (Å²) < 4.78 is 28.3. The second kappa shape index (κ2) is 10.4. The van der Waals surface area contributed by atoms with Gasteiger partial charge in [0.05, 0.1) is 21.7 Å². The van der Waals surface area contributed by atoms with Crippen molar-refractivity contribution < 1.29 is 13.2 Å². The number of unbranched alkanes of at least 4 members (excludes halogenated alkanes) is 1. The summed E-state index contributed by atoms with van der Waals surface area (Å²) in [6, 6.07) is 5.36. The lowest BCUT2D eigenvalue weighted by Gasteiger charge is -2.26. The van der Waals surface area contributed by atoms with E-state index in [0.29, 0.717) is 11.3 Å². The van der Waals surface area contributed by atoms with E-state index in [-0.39, 0.29) is 16.8 Å². The zero-order valence-electron chi connectivity index (χ0n) is 18.9. The Balaban J connectivity index is 1.77. The number of fused-ring (bicyclic) bond motifs is 1. The normalized spacial score (nSPS) is 19.8. The molecule has 1 fully saturated rings. The van der Waals surface area contributed by atoms with E-state index in [2.05, 4.69) is 23.7 Å². The third-order valence-corrected chi connectivity index (χ3v) is 8.70. The van der Waals surface area contributed by atoms with Crippen molar-refractivity contribution in [1.82, 2.24) is 19.2 Å². The Morgan fingerprint density at radius 3 is 2.61 bits per heavy atom. The van der Waals surface area contributed by atoms with E-state index < -0.39 is 10.0 Å². The van der Waals surface area contributed by atoms with Crippen LogP contribution in [0.1, 0.15) is 52.4 Å². The quantitative estimate of drug-likeness (QED) is 0.567. The second-order valence-electron chi connectivity index (χ2n) is 8.65. The van der Waals surface area contributed by atoms with E-state index in [4.69, 9.17) is 4.98 Å². The molecule has 1 N–H and O–H groups in total. The molecule has 1 aliphatic rings. The molecule has 0 radical (unpaired) electrons. The molecule has 2 aromatic rings. The minimum atomic E-state index is -3.52. The molecule has 0 unspecified atom stereocenters. The zero-order valence-corrected chi connectivity index (χ0v) is 20.6. The van der Waals surface area contributed by atoms with Crippen molar-refractivity contribution in [2.45, 2.75) is 75.0 Å². The lowest BCUT2D eigenvalue weighted by Crippen LogP contribution is -2.38. The van der Waals surface area contributed by atoms with Gasteiger partial charge in [0.2, 0.25) is 15.9 Å². The van der Waals surface area contributed by atoms with Gasteiger partial charge in [-0.15, -0.1) is 0 Å². The monoisotopic (exact) mass is 466 g/mol.